The van der Waals surface area contributed by atoms with Gasteiger partial charge in [-0.25, -0.2) is 0 Å². The highest BCUT2D eigenvalue weighted by molar-refractivity contribution is 6.19. The van der Waals surface area contributed by atoms with Gasteiger partial charge in [0.25, 0.3) is 0 Å². The van der Waals surface area contributed by atoms with Crippen LogP contribution in [0.3, 0.4) is 0 Å². The number of rotatable bonds is 5. The van der Waals surface area contributed by atoms with Gasteiger partial charge in [0.2, 0.25) is 0 Å². The van der Waals surface area contributed by atoms with Crippen LogP contribution in [0, 0.1) is 0 Å². The molecule has 13 rings (SSSR count). The lowest BCUT2D eigenvalue weighted by atomic mass is 9.67. The summed E-state index contributed by atoms with van der Waals surface area (Å²) in [4.78, 5) is 0. The third kappa shape index (κ3) is 4.79. The Bertz CT molecular complexity index is 3650. The number of nitrogens with zero attached hydrogens (tertiary/aromatic N) is 2. The van der Waals surface area contributed by atoms with Crippen LogP contribution in [-0.2, 0) is 5.41 Å². The minimum absolute atomic E-state index is 0.490. The van der Waals surface area contributed by atoms with E-state index in [0.29, 0.717) is 0 Å². The molecule has 284 valence electrons. The van der Waals surface area contributed by atoms with Gasteiger partial charge < -0.3 is 9.13 Å². The molecule has 2 nitrogen and oxygen atoms in total. The van der Waals surface area contributed by atoms with Crippen molar-refractivity contribution in [2.75, 3.05) is 0 Å². The zero-order valence-corrected chi connectivity index (χ0v) is 33.3. The van der Waals surface area contributed by atoms with E-state index in [1.165, 1.54) is 105 Å². The van der Waals surface area contributed by atoms with Gasteiger partial charge in [-0.15, -0.1) is 0 Å². The summed E-state index contributed by atoms with van der Waals surface area (Å²) in [5, 5.41) is 7.50. The van der Waals surface area contributed by atoms with E-state index in [4.69, 9.17) is 0 Å². The quantitative estimate of drug-likeness (QED) is 0.165. The van der Waals surface area contributed by atoms with Gasteiger partial charge in [-0.3, -0.25) is 0 Å². The Labute approximate surface area is 353 Å². The van der Waals surface area contributed by atoms with Crippen LogP contribution in [-0.4, -0.2) is 9.13 Å². The molecule has 10 aromatic carbocycles. The predicted molar refractivity (Wildman–Crippen MR) is 255 cm³/mol. The summed E-state index contributed by atoms with van der Waals surface area (Å²) < 4.78 is 4.88. The first-order valence-electron chi connectivity index (χ1n) is 21.2. The molecular formula is C59H38N2. The van der Waals surface area contributed by atoms with Crippen LogP contribution in [0.15, 0.2) is 231 Å². The Morgan fingerprint density at radius 1 is 0.311 bits per heavy atom. The summed E-state index contributed by atoms with van der Waals surface area (Å²) in [6.45, 7) is 0. The molecule has 0 radical (unpaired) electrons. The summed E-state index contributed by atoms with van der Waals surface area (Å²) in [5.74, 6) is 0. The predicted octanol–water partition coefficient (Wildman–Crippen LogP) is 15.1. The van der Waals surface area contributed by atoms with Crippen molar-refractivity contribution in [2.24, 2.45) is 0 Å². The SMILES string of the molecule is c1ccc(-n2c3ccccc3c3cc(-c4ccc5c(c4)c4c6c(ccc4n5-c4ccc5ccccc5c4)C(c4ccccc4)(c4ccccc4)c4ccccc4-6)ccc32)cc1. The van der Waals surface area contributed by atoms with E-state index in [1.807, 2.05) is 0 Å². The molecule has 2 heteroatoms. The van der Waals surface area contributed by atoms with Crippen LogP contribution in [0.4, 0.5) is 0 Å². The molecule has 0 saturated heterocycles. The monoisotopic (exact) mass is 774 g/mol. The molecule has 61 heavy (non-hydrogen) atoms. The van der Waals surface area contributed by atoms with Crippen molar-refractivity contribution >= 4 is 54.4 Å². The van der Waals surface area contributed by atoms with Gasteiger partial charge in [0.1, 0.15) is 0 Å². The van der Waals surface area contributed by atoms with Crippen LogP contribution in [0.5, 0.6) is 0 Å². The average molecular weight is 775 g/mol. The highest BCUT2D eigenvalue weighted by Gasteiger charge is 2.47. The zero-order valence-electron chi connectivity index (χ0n) is 33.3. The molecule has 12 aromatic rings. The number of hydrogen-bond acceptors (Lipinski definition) is 0. The Balaban J connectivity index is 1.13. The summed E-state index contributed by atoms with van der Waals surface area (Å²) in [5.41, 5.74) is 16.8. The Kier molecular flexibility index (Phi) is 7.26. The normalized spacial score (nSPS) is 13.0. The Morgan fingerprint density at radius 3 is 1.62 bits per heavy atom. The summed E-state index contributed by atoms with van der Waals surface area (Å²) in [6, 6.07) is 85.4. The lowest BCUT2D eigenvalue weighted by molar-refractivity contribution is 0.769. The molecule has 0 aliphatic heterocycles. The average Bonchev–Trinajstić information content (AvgIpc) is 3.96. The largest absolute Gasteiger partial charge is 0.309 e. The molecule has 0 spiro atoms. The number of fused-ring (bicyclic) bond motifs is 11. The topological polar surface area (TPSA) is 9.86 Å². The second kappa shape index (κ2) is 13.0. The maximum atomic E-state index is 2.49. The molecule has 0 saturated carbocycles. The van der Waals surface area contributed by atoms with Crippen molar-refractivity contribution in [3.63, 3.8) is 0 Å². The van der Waals surface area contributed by atoms with Crippen LogP contribution < -0.4 is 0 Å². The van der Waals surface area contributed by atoms with E-state index in [1.54, 1.807) is 0 Å². The minimum atomic E-state index is -0.490. The van der Waals surface area contributed by atoms with Gasteiger partial charge in [0.05, 0.1) is 27.5 Å². The van der Waals surface area contributed by atoms with E-state index >= 15 is 0 Å². The maximum Gasteiger partial charge on any atom is 0.0713 e. The van der Waals surface area contributed by atoms with Gasteiger partial charge in [0, 0.05) is 32.9 Å². The molecule has 0 fully saturated rings. The van der Waals surface area contributed by atoms with Crippen LogP contribution in [0.1, 0.15) is 22.3 Å². The fourth-order valence-electron chi connectivity index (χ4n) is 10.8. The van der Waals surface area contributed by atoms with Crippen molar-refractivity contribution in [3.05, 3.63) is 253 Å². The molecule has 0 amide bonds. The third-order valence-corrected chi connectivity index (χ3v) is 13.4. The number of para-hydroxylation sites is 2. The van der Waals surface area contributed by atoms with Gasteiger partial charge in [-0.2, -0.15) is 0 Å². The molecule has 0 unspecified atom stereocenters. The summed E-state index contributed by atoms with van der Waals surface area (Å²) in [6.07, 6.45) is 0. The second-order valence-electron chi connectivity index (χ2n) is 16.4. The lowest BCUT2D eigenvalue weighted by Crippen LogP contribution is -2.28. The van der Waals surface area contributed by atoms with Crippen LogP contribution >= 0.6 is 0 Å². The first-order chi connectivity index (χ1) is 30.3. The van der Waals surface area contributed by atoms with Crippen molar-refractivity contribution in [3.8, 4) is 33.6 Å². The highest BCUT2D eigenvalue weighted by atomic mass is 15.0. The fourth-order valence-corrected chi connectivity index (χ4v) is 10.8. The van der Waals surface area contributed by atoms with E-state index < -0.39 is 5.41 Å². The van der Waals surface area contributed by atoms with Crippen molar-refractivity contribution in [1.82, 2.24) is 9.13 Å². The first-order valence-corrected chi connectivity index (χ1v) is 21.2. The minimum Gasteiger partial charge on any atom is -0.309 e. The summed E-state index contributed by atoms with van der Waals surface area (Å²) in [7, 11) is 0. The molecule has 0 N–H and O–H groups in total. The van der Waals surface area contributed by atoms with E-state index in [2.05, 4.69) is 240 Å². The Morgan fingerprint density at radius 2 is 0.869 bits per heavy atom. The fraction of sp³-hybridized carbons (Fsp3) is 0.0169. The Hall–Kier alpha value is -7.94. The second-order valence-corrected chi connectivity index (χ2v) is 16.4. The third-order valence-electron chi connectivity index (χ3n) is 13.4. The molecule has 2 aromatic heterocycles. The molecule has 1 aliphatic rings. The van der Waals surface area contributed by atoms with Gasteiger partial charge in [-0.05, 0) is 116 Å². The van der Waals surface area contributed by atoms with E-state index in [0.717, 1.165) is 5.69 Å². The van der Waals surface area contributed by atoms with Crippen molar-refractivity contribution in [2.45, 2.75) is 5.41 Å². The van der Waals surface area contributed by atoms with E-state index in [9.17, 15) is 0 Å². The number of aromatic nitrogens is 2. The van der Waals surface area contributed by atoms with Crippen molar-refractivity contribution < 1.29 is 0 Å². The molecule has 0 bridgehead atoms. The number of benzene rings is 10. The van der Waals surface area contributed by atoms with Crippen LogP contribution in [0.2, 0.25) is 0 Å². The van der Waals surface area contributed by atoms with E-state index in [-0.39, 0.29) is 0 Å². The first kappa shape index (κ1) is 34.0. The summed E-state index contributed by atoms with van der Waals surface area (Å²) >= 11 is 0. The smallest absolute Gasteiger partial charge is 0.0713 e. The zero-order chi connectivity index (χ0) is 40.1. The molecule has 0 atom stereocenters. The molecule has 1 aliphatic carbocycles. The maximum absolute atomic E-state index is 2.49. The standard InChI is InChI=1S/C59H38N2/c1-4-18-43(19-5-1)59(44-20-6-2-7-21-44)51-26-14-12-25-48(51)57-52(59)32-35-56-58(57)50-38-42(30-34-55(50)61(56)46-31-28-39-16-10-11-17-40(39)36-46)41-29-33-54-49(37-41)47-24-13-15-27-53(47)60(54)45-22-8-3-9-23-45/h1-38H. The lowest BCUT2D eigenvalue weighted by Gasteiger charge is -2.33. The van der Waals surface area contributed by atoms with Gasteiger partial charge >= 0.3 is 0 Å². The van der Waals surface area contributed by atoms with Crippen molar-refractivity contribution in [1.29, 1.82) is 0 Å². The number of hydrogen-bond donors (Lipinski definition) is 0. The molecular weight excluding hydrogens is 737 g/mol. The molecule has 2 heterocycles. The van der Waals surface area contributed by atoms with Gasteiger partial charge in [0.15, 0.2) is 0 Å². The van der Waals surface area contributed by atoms with Crippen LogP contribution in [0.25, 0.3) is 88.0 Å². The highest BCUT2D eigenvalue weighted by Crippen LogP contribution is 2.59. The van der Waals surface area contributed by atoms with Gasteiger partial charge in [-0.1, -0.05) is 170 Å².